The number of thiophene rings is 1. The van der Waals surface area contributed by atoms with E-state index in [-0.39, 0.29) is 5.38 Å². The lowest BCUT2D eigenvalue weighted by Crippen LogP contribution is -1.92. The van der Waals surface area contributed by atoms with E-state index in [0.29, 0.717) is 0 Å². The first-order valence-electron chi connectivity index (χ1n) is 4.60. The molecule has 1 unspecified atom stereocenters. The van der Waals surface area contributed by atoms with E-state index in [1.807, 2.05) is 24.3 Å². The van der Waals surface area contributed by atoms with Crippen molar-refractivity contribution in [3.63, 3.8) is 0 Å². The quantitative estimate of drug-likeness (QED) is 0.661. The van der Waals surface area contributed by atoms with Gasteiger partial charge < -0.3 is 0 Å². The zero-order chi connectivity index (χ0) is 10.8. The van der Waals surface area contributed by atoms with Crippen molar-refractivity contribution in [3.05, 3.63) is 56.7 Å². The van der Waals surface area contributed by atoms with E-state index < -0.39 is 0 Å². The number of hydrogen-bond acceptors (Lipinski definition) is 1. The molecule has 3 heteroatoms. The highest BCUT2D eigenvalue weighted by atomic mass is 35.5. The van der Waals surface area contributed by atoms with Crippen LogP contribution in [0.5, 0.6) is 0 Å². The topological polar surface area (TPSA) is 0 Å². The fourth-order valence-electron chi connectivity index (χ4n) is 1.44. The molecule has 0 aliphatic heterocycles. The van der Waals surface area contributed by atoms with Crippen molar-refractivity contribution in [2.75, 3.05) is 0 Å². The number of halogens is 2. The highest BCUT2D eigenvalue weighted by Gasteiger charge is 2.13. The van der Waals surface area contributed by atoms with Gasteiger partial charge in [0.2, 0.25) is 0 Å². The number of alkyl halides is 1. The molecule has 1 heterocycles. The lowest BCUT2D eigenvalue weighted by atomic mass is 10.0. The lowest BCUT2D eigenvalue weighted by Gasteiger charge is -2.09. The average Bonchev–Trinajstić information content (AvgIpc) is 2.65. The smallest absolute Gasteiger partial charge is 0.0846 e. The molecule has 0 radical (unpaired) electrons. The number of rotatable bonds is 2. The molecule has 2 rings (SSSR count). The van der Waals surface area contributed by atoms with Crippen LogP contribution in [0.1, 0.15) is 22.1 Å². The van der Waals surface area contributed by atoms with Crippen LogP contribution in [0.3, 0.4) is 0 Å². The van der Waals surface area contributed by atoms with E-state index in [2.05, 4.69) is 17.7 Å². The molecule has 0 nitrogen and oxygen atoms in total. The third-order valence-corrected chi connectivity index (χ3v) is 3.95. The molecule has 2 aromatic rings. The first-order chi connectivity index (χ1) is 7.18. The molecular formula is C12H10Cl2S. The van der Waals surface area contributed by atoms with Crippen molar-refractivity contribution >= 4 is 34.5 Å². The standard InChI is InChI=1S/C12H10Cl2S/c1-8-6-15-7-11(8)12(14)9-2-4-10(13)5-3-9/h2-7,12H,1H3. The number of hydrogen-bond donors (Lipinski definition) is 0. The van der Waals surface area contributed by atoms with Gasteiger partial charge in [0.1, 0.15) is 0 Å². The van der Waals surface area contributed by atoms with Gasteiger partial charge in [-0.15, -0.1) is 11.6 Å². The Morgan fingerprint density at radius 1 is 1.13 bits per heavy atom. The third kappa shape index (κ3) is 2.36. The normalized spacial score (nSPS) is 12.7. The zero-order valence-electron chi connectivity index (χ0n) is 8.21. The average molecular weight is 257 g/mol. The van der Waals surface area contributed by atoms with Gasteiger partial charge in [0.25, 0.3) is 0 Å². The Hall–Kier alpha value is -0.500. The Labute approximate surface area is 103 Å². The highest BCUT2D eigenvalue weighted by molar-refractivity contribution is 7.08. The summed E-state index contributed by atoms with van der Waals surface area (Å²) in [5, 5.41) is 4.88. The van der Waals surface area contributed by atoms with Crippen LogP contribution < -0.4 is 0 Å². The van der Waals surface area contributed by atoms with Crippen molar-refractivity contribution in [1.82, 2.24) is 0 Å². The minimum Gasteiger partial charge on any atom is -0.152 e. The molecule has 0 saturated carbocycles. The molecule has 0 bridgehead atoms. The van der Waals surface area contributed by atoms with Gasteiger partial charge in [0, 0.05) is 5.02 Å². The van der Waals surface area contributed by atoms with Crippen LogP contribution in [0.4, 0.5) is 0 Å². The predicted molar refractivity (Wildman–Crippen MR) is 68.2 cm³/mol. The zero-order valence-corrected chi connectivity index (χ0v) is 10.5. The monoisotopic (exact) mass is 256 g/mol. The van der Waals surface area contributed by atoms with Crippen LogP contribution in [0.2, 0.25) is 5.02 Å². The Balaban J connectivity index is 2.32. The summed E-state index contributed by atoms with van der Waals surface area (Å²) in [7, 11) is 0. The Morgan fingerprint density at radius 2 is 1.80 bits per heavy atom. The van der Waals surface area contributed by atoms with E-state index >= 15 is 0 Å². The minimum absolute atomic E-state index is 0.0754. The number of aryl methyl sites for hydroxylation is 1. The van der Waals surface area contributed by atoms with Crippen LogP contribution >= 0.6 is 34.5 Å². The number of benzene rings is 1. The van der Waals surface area contributed by atoms with E-state index in [1.54, 1.807) is 11.3 Å². The summed E-state index contributed by atoms with van der Waals surface area (Å²) < 4.78 is 0. The van der Waals surface area contributed by atoms with Gasteiger partial charge in [-0.25, -0.2) is 0 Å². The first kappa shape index (κ1) is 11.0. The highest BCUT2D eigenvalue weighted by Crippen LogP contribution is 2.33. The lowest BCUT2D eigenvalue weighted by molar-refractivity contribution is 1.13. The molecule has 0 aliphatic carbocycles. The summed E-state index contributed by atoms with van der Waals surface area (Å²) in [6.45, 7) is 2.08. The van der Waals surface area contributed by atoms with Crippen LogP contribution in [0.15, 0.2) is 35.0 Å². The summed E-state index contributed by atoms with van der Waals surface area (Å²) in [4.78, 5) is 0. The van der Waals surface area contributed by atoms with E-state index in [9.17, 15) is 0 Å². The van der Waals surface area contributed by atoms with Gasteiger partial charge in [-0.1, -0.05) is 23.7 Å². The van der Waals surface area contributed by atoms with Crippen molar-refractivity contribution in [1.29, 1.82) is 0 Å². The molecule has 1 aromatic heterocycles. The summed E-state index contributed by atoms with van der Waals surface area (Å²) in [6, 6.07) is 7.68. The Bertz CT molecular complexity index is 445. The van der Waals surface area contributed by atoms with E-state index in [4.69, 9.17) is 23.2 Å². The van der Waals surface area contributed by atoms with Gasteiger partial charge in [0.15, 0.2) is 0 Å². The maximum Gasteiger partial charge on any atom is 0.0846 e. The SMILES string of the molecule is Cc1cscc1C(Cl)c1ccc(Cl)cc1. The summed E-state index contributed by atoms with van der Waals surface area (Å²) in [6.07, 6.45) is 0. The maximum absolute atomic E-state index is 6.39. The van der Waals surface area contributed by atoms with Crippen molar-refractivity contribution in [2.45, 2.75) is 12.3 Å². The van der Waals surface area contributed by atoms with E-state index in [0.717, 1.165) is 10.6 Å². The summed E-state index contributed by atoms with van der Waals surface area (Å²) >= 11 is 13.9. The molecule has 0 spiro atoms. The molecule has 0 amide bonds. The second-order valence-corrected chi connectivity index (χ2v) is 5.04. The molecule has 78 valence electrons. The summed E-state index contributed by atoms with van der Waals surface area (Å²) in [5.74, 6) is 0. The molecule has 0 N–H and O–H groups in total. The largest absolute Gasteiger partial charge is 0.152 e. The second-order valence-electron chi connectivity index (χ2n) is 3.42. The van der Waals surface area contributed by atoms with Crippen molar-refractivity contribution in [2.24, 2.45) is 0 Å². The van der Waals surface area contributed by atoms with Gasteiger partial charge in [-0.3, -0.25) is 0 Å². The fraction of sp³-hybridized carbons (Fsp3) is 0.167. The minimum atomic E-state index is -0.0754. The van der Waals surface area contributed by atoms with Crippen LogP contribution in [-0.4, -0.2) is 0 Å². The van der Waals surface area contributed by atoms with Crippen LogP contribution in [-0.2, 0) is 0 Å². The molecule has 1 atom stereocenters. The maximum atomic E-state index is 6.39. The molecular weight excluding hydrogens is 247 g/mol. The van der Waals surface area contributed by atoms with Gasteiger partial charge >= 0.3 is 0 Å². The molecule has 0 aliphatic rings. The van der Waals surface area contributed by atoms with Crippen LogP contribution in [0, 0.1) is 6.92 Å². The van der Waals surface area contributed by atoms with Gasteiger partial charge in [0.05, 0.1) is 5.38 Å². The fourth-order valence-corrected chi connectivity index (χ4v) is 2.90. The first-order valence-corrected chi connectivity index (χ1v) is 6.36. The second kappa shape index (κ2) is 4.56. The Morgan fingerprint density at radius 3 is 2.33 bits per heavy atom. The van der Waals surface area contributed by atoms with Gasteiger partial charge in [-0.2, -0.15) is 11.3 Å². The van der Waals surface area contributed by atoms with Gasteiger partial charge in [-0.05, 0) is 46.5 Å². The predicted octanol–water partition coefficient (Wildman–Crippen LogP) is 5.04. The molecule has 15 heavy (non-hydrogen) atoms. The molecule has 0 saturated heterocycles. The summed E-state index contributed by atoms with van der Waals surface area (Å²) in [5.41, 5.74) is 3.52. The van der Waals surface area contributed by atoms with Crippen molar-refractivity contribution < 1.29 is 0 Å². The van der Waals surface area contributed by atoms with E-state index in [1.165, 1.54) is 11.1 Å². The Kier molecular flexibility index (Phi) is 3.35. The third-order valence-electron chi connectivity index (χ3n) is 2.33. The van der Waals surface area contributed by atoms with Crippen LogP contribution in [0.25, 0.3) is 0 Å². The molecule has 0 fully saturated rings. The van der Waals surface area contributed by atoms with Crippen molar-refractivity contribution in [3.8, 4) is 0 Å². The molecule has 1 aromatic carbocycles.